The molecule has 0 saturated heterocycles. The van der Waals surface area contributed by atoms with Gasteiger partial charge in [0.25, 0.3) is 0 Å². The van der Waals surface area contributed by atoms with Crippen molar-refractivity contribution in [3.05, 3.63) is 30.5 Å². The molecule has 0 saturated carbocycles. The van der Waals surface area contributed by atoms with Crippen molar-refractivity contribution in [3.8, 4) is 0 Å². The van der Waals surface area contributed by atoms with Crippen LogP contribution in [0.5, 0.6) is 0 Å². The minimum absolute atomic E-state index is 0.887. The van der Waals surface area contributed by atoms with Gasteiger partial charge in [-0.25, -0.2) is 4.98 Å². The van der Waals surface area contributed by atoms with Crippen LogP contribution in [-0.2, 0) is 0 Å². The minimum Gasteiger partial charge on any atom is -0.378 e. The molecule has 0 amide bonds. The van der Waals surface area contributed by atoms with Crippen molar-refractivity contribution in [2.75, 3.05) is 30.9 Å². The molecular weight excluding hydrogens is 198 g/mol. The SMILES string of the molecule is CCNc1nccc2ccc(N(C)C)cc12. The lowest BCUT2D eigenvalue weighted by Crippen LogP contribution is -2.08. The summed E-state index contributed by atoms with van der Waals surface area (Å²) in [6.07, 6.45) is 1.84. The van der Waals surface area contributed by atoms with E-state index in [0.717, 1.165) is 12.4 Å². The quantitative estimate of drug-likeness (QED) is 0.853. The summed E-state index contributed by atoms with van der Waals surface area (Å²) in [5, 5.41) is 5.68. The predicted molar refractivity (Wildman–Crippen MR) is 70.2 cm³/mol. The summed E-state index contributed by atoms with van der Waals surface area (Å²) in [4.78, 5) is 6.47. The fraction of sp³-hybridized carbons (Fsp3) is 0.308. The Hall–Kier alpha value is -1.77. The van der Waals surface area contributed by atoms with Gasteiger partial charge >= 0.3 is 0 Å². The van der Waals surface area contributed by atoms with Crippen LogP contribution in [0.25, 0.3) is 10.8 Å². The Balaban J connectivity index is 2.59. The molecule has 2 rings (SSSR count). The van der Waals surface area contributed by atoms with Crippen LogP contribution in [0.2, 0.25) is 0 Å². The highest BCUT2D eigenvalue weighted by atomic mass is 15.1. The van der Waals surface area contributed by atoms with Crippen molar-refractivity contribution in [2.24, 2.45) is 0 Å². The Morgan fingerprint density at radius 3 is 2.75 bits per heavy atom. The largest absolute Gasteiger partial charge is 0.378 e. The number of nitrogens with one attached hydrogen (secondary N) is 1. The van der Waals surface area contributed by atoms with Crippen molar-refractivity contribution in [1.82, 2.24) is 4.98 Å². The van der Waals surface area contributed by atoms with Gasteiger partial charge in [0.2, 0.25) is 0 Å². The molecule has 3 nitrogen and oxygen atoms in total. The molecule has 1 aromatic carbocycles. The van der Waals surface area contributed by atoms with Crippen molar-refractivity contribution >= 4 is 22.3 Å². The smallest absolute Gasteiger partial charge is 0.133 e. The third-order valence-electron chi connectivity index (χ3n) is 2.61. The fourth-order valence-electron chi connectivity index (χ4n) is 1.74. The Morgan fingerprint density at radius 1 is 1.25 bits per heavy atom. The Bertz CT molecular complexity index is 492. The van der Waals surface area contributed by atoms with E-state index >= 15 is 0 Å². The summed E-state index contributed by atoms with van der Waals surface area (Å²) in [5.41, 5.74) is 1.19. The zero-order valence-electron chi connectivity index (χ0n) is 9.99. The molecule has 1 heterocycles. The van der Waals surface area contributed by atoms with Gasteiger partial charge in [-0.15, -0.1) is 0 Å². The molecule has 0 aliphatic carbocycles. The molecule has 0 unspecified atom stereocenters. The van der Waals surface area contributed by atoms with Crippen molar-refractivity contribution in [2.45, 2.75) is 6.92 Å². The second-order valence-corrected chi connectivity index (χ2v) is 3.99. The molecule has 0 fully saturated rings. The highest BCUT2D eigenvalue weighted by Crippen LogP contribution is 2.25. The van der Waals surface area contributed by atoms with E-state index in [1.165, 1.54) is 16.5 Å². The summed E-state index contributed by atoms with van der Waals surface area (Å²) in [7, 11) is 4.09. The van der Waals surface area contributed by atoms with Gasteiger partial charge in [0, 0.05) is 37.9 Å². The number of nitrogens with zero attached hydrogens (tertiary/aromatic N) is 2. The van der Waals surface area contributed by atoms with Gasteiger partial charge in [-0.05, 0) is 30.5 Å². The van der Waals surface area contributed by atoms with E-state index in [1.54, 1.807) is 0 Å². The molecule has 2 aromatic rings. The maximum Gasteiger partial charge on any atom is 0.133 e. The van der Waals surface area contributed by atoms with Crippen LogP contribution in [0.1, 0.15) is 6.92 Å². The van der Waals surface area contributed by atoms with Gasteiger partial charge in [0.05, 0.1) is 0 Å². The zero-order chi connectivity index (χ0) is 11.5. The van der Waals surface area contributed by atoms with Crippen LogP contribution in [-0.4, -0.2) is 25.6 Å². The van der Waals surface area contributed by atoms with Crippen molar-refractivity contribution in [1.29, 1.82) is 0 Å². The minimum atomic E-state index is 0.887. The summed E-state index contributed by atoms with van der Waals surface area (Å²) in [5.74, 6) is 0.962. The Kier molecular flexibility index (Phi) is 2.95. The molecule has 1 aromatic heterocycles. The molecule has 0 bridgehead atoms. The van der Waals surface area contributed by atoms with E-state index in [9.17, 15) is 0 Å². The molecule has 0 aliphatic rings. The molecule has 0 aliphatic heterocycles. The number of benzene rings is 1. The second kappa shape index (κ2) is 4.39. The second-order valence-electron chi connectivity index (χ2n) is 3.99. The topological polar surface area (TPSA) is 28.2 Å². The fourth-order valence-corrected chi connectivity index (χ4v) is 1.74. The van der Waals surface area contributed by atoms with Gasteiger partial charge in [0.15, 0.2) is 0 Å². The lowest BCUT2D eigenvalue weighted by molar-refractivity contribution is 1.13. The summed E-state index contributed by atoms with van der Waals surface area (Å²) < 4.78 is 0. The van der Waals surface area contributed by atoms with Crippen LogP contribution < -0.4 is 10.2 Å². The average molecular weight is 215 g/mol. The standard InChI is InChI=1S/C13H17N3/c1-4-14-13-12-9-11(16(2)3)6-5-10(12)7-8-15-13/h5-9H,4H2,1-3H3,(H,14,15). The molecule has 0 spiro atoms. The molecule has 16 heavy (non-hydrogen) atoms. The summed E-state index contributed by atoms with van der Waals surface area (Å²) in [6.45, 7) is 2.97. The first-order valence-electron chi connectivity index (χ1n) is 5.52. The van der Waals surface area contributed by atoms with Crippen molar-refractivity contribution in [3.63, 3.8) is 0 Å². The average Bonchev–Trinajstić information content (AvgIpc) is 2.29. The van der Waals surface area contributed by atoms with Crippen LogP contribution in [0.4, 0.5) is 11.5 Å². The van der Waals surface area contributed by atoms with Crippen LogP contribution in [0.15, 0.2) is 30.5 Å². The lowest BCUT2D eigenvalue weighted by Gasteiger charge is -2.14. The van der Waals surface area contributed by atoms with Crippen molar-refractivity contribution < 1.29 is 0 Å². The van der Waals surface area contributed by atoms with Gasteiger partial charge in [0.1, 0.15) is 5.82 Å². The number of anilines is 2. The predicted octanol–water partition coefficient (Wildman–Crippen LogP) is 2.73. The number of rotatable bonds is 3. The molecule has 84 valence electrons. The Morgan fingerprint density at radius 2 is 2.06 bits per heavy atom. The highest BCUT2D eigenvalue weighted by Gasteiger charge is 2.03. The van der Waals surface area contributed by atoms with E-state index in [4.69, 9.17) is 0 Å². The normalized spacial score (nSPS) is 10.4. The number of fused-ring (bicyclic) bond motifs is 1. The molecular formula is C13H17N3. The maximum atomic E-state index is 4.37. The maximum absolute atomic E-state index is 4.37. The van der Waals surface area contributed by atoms with E-state index in [-0.39, 0.29) is 0 Å². The van der Waals surface area contributed by atoms with Gasteiger partial charge < -0.3 is 10.2 Å². The first kappa shape index (κ1) is 10.7. The van der Waals surface area contributed by atoms with Crippen LogP contribution in [0, 0.1) is 0 Å². The number of pyridine rings is 1. The summed E-state index contributed by atoms with van der Waals surface area (Å²) in [6, 6.07) is 8.46. The summed E-state index contributed by atoms with van der Waals surface area (Å²) >= 11 is 0. The monoisotopic (exact) mass is 215 g/mol. The Labute approximate surface area is 96.1 Å². The van der Waals surface area contributed by atoms with Gasteiger partial charge in [-0.1, -0.05) is 6.07 Å². The van der Waals surface area contributed by atoms with Crippen LogP contribution in [0.3, 0.4) is 0 Å². The number of hydrogen-bond donors (Lipinski definition) is 1. The van der Waals surface area contributed by atoms with E-state index in [1.807, 2.05) is 26.4 Å². The first-order chi connectivity index (χ1) is 7.72. The third-order valence-corrected chi connectivity index (χ3v) is 2.61. The van der Waals surface area contributed by atoms with Gasteiger partial charge in [-0.3, -0.25) is 0 Å². The van der Waals surface area contributed by atoms with E-state index in [0.29, 0.717) is 0 Å². The number of aromatic nitrogens is 1. The first-order valence-corrected chi connectivity index (χ1v) is 5.52. The molecule has 1 N–H and O–H groups in total. The molecule has 0 radical (unpaired) electrons. The molecule has 0 atom stereocenters. The number of hydrogen-bond acceptors (Lipinski definition) is 3. The third kappa shape index (κ3) is 1.94. The highest BCUT2D eigenvalue weighted by molar-refractivity contribution is 5.94. The zero-order valence-corrected chi connectivity index (χ0v) is 9.99. The van der Waals surface area contributed by atoms with E-state index in [2.05, 4.69) is 40.3 Å². The van der Waals surface area contributed by atoms with E-state index < -0.39 is 0 Å². The molecule has 3 heteroatoms. The van der Waals surface area contributed by atoms with Crippen LogP contribution >= 0.6 is 0 Å². The lowest BCUT2D eigenvalue weighted by atomic mass is 10.1. The van der Waals surface area contributed by atoms with Gasteiger partial charge in [-0.2, -0.15) is 0 Å².